The molecule has 3 rings (SSSR count). The van der Waals surface area contributed by atoms with E-state index < -0.39 is 11.7 Å². The molecule has 1 saturated heterocycles. The van der Waals surface area contributed by atoms with Crippen molar-refractivity contribution in [3.63, 3.8) is 0 Å². The molecular weight excluding hydrogens is 298 g/mol. The lowest BCUT2D eigenvalue weighted by atomic mass is 9.94. The van der Waals surface area contributed by atoms with E-state index in [1.54, 1.807) is 12.1 Å². The number of ether oxygens (including phenoxy) is 1. The van der Waals surface area contributed by atoms with Crippen LogP contribution in [-0.2, 0) is 4.74 Å². The Kier molecular flexibility index (Phi) is 3.46. The Bertz CT molecular complexity index is 771. The first-order valence-electron chi connectivity index (χ1n) is 7.36. The minimum atomic E-state index is -0.543. The first kappa shape index (κ1) is 15.3. The summed E-state index contributed by atoms with van der Waals surface area (Å²) in [4.78, 5) is 29.9. The highest BCUT2D eigenvalue weighted by molar-refractivity contribution is 5.99. The molecule has 2 aromatic rings. The molecule has 0 bridgehead atoms. The van der Waals surface area contributed by atoms with Crippen molar-refractivity contribution >= 4 is 23.2 Å². The molecule has 1 aliphatic rings. The topological polar surface area (TPSA) is 103 Å². The Morgan fingerprint density at radius 1 is 1.30 bits per heavy atom. The summed E-state index contributed by atoms with van der Waals surface area (Å²) < 4.78 is 6.77. The number of nitrogens with two attached hydrogens (primary N) is 1. The van der Waals surface area contributed by atoms with Crippen LogP contribution >= 0.6 is 0 Å². The molecule has 0 aromatic carbocycles. The van der Waals surface area contributed by atoms with Gasteiger partial charge in [-0.1, -0.05) is 0 Å². The fraction of sp³-hybridized carbons (Fsp3) is 0.467. The Hall–Kier alpha value is -2.64. The van der Waals surface area contributed by atoms with E-state index in [4.69, 9.17) is 10.5 Å². The molecule has 0 spiro atoms. The number of hydrogen-bond donors (Lipinski definition) is 1. The molecule has 8 heteroatoms. The summed E-state index contributed by atoms with van der Waals surface area (Å²) in [5, 5.41) is 4.07. The maximum absolute atomic E-state index is 12.6. The summed E-state index contributed by atoms with van der Waals surface area (Å²) in [5.41, 5.74) is 6.26. The third-order valence-electron chi connectivity index (χ3n) is 3.64. The van der Waals surface area contributed by atoms with Crippen LogP contribution in [0.25, 0.3) is 5.52 Å². The number of rotatable bonds is 2. The molecule has 0 saturated carbocycles. The lowest BCUT2D eigenvalue weighted by molar-refractivity contribution is 0.00138. The molecule has 0 aliphatic carbocycles. The second-order valence-electron chi connectivity index (χ2n) is 6.61. The smallest absolute Gasteiger partial charge is 0.410 e. The molecule has 1 aliphatic heterocycles. The zero-order chi connectivity index (χ0) is 16.8. The van der Waals surface area contributed by atoms with Crippen LogP contribution in [0.2, 0.25) is 0 Å². The largest absolute Gasteiger partial charge is 0.444 e. The molecule has 3 heterocycles. The summed E-state index contributed by atoms with van der Waals surface area (Å²) in [6.07, 6.45) is 0.917. The average molecular weight is 317 g/mol. The predicted molar refractivity (Wildman–Crippen MR) is 83.0 cm³/mol. The van der Waals surface area contributed by atoms with Crippen LogP contribution < -0.4 is 5.73 Å². The first-order valence-corrected chi connectivity index (χ1v) is 7.36. The molecule has 0 atom stereocenters. The maximum atomic E-state index is 12.6. The first-order chi connectivity index (χ1) is 10.8. The number of likely N-dealkylation sites (tertiary alicyclic amines) is 1. The third kappa shape index (κ3) is 2.84. The Balaban J connectivity index is 1.69. The second kappa shape index (κ2) is 5.22. The van der Waals surface area contributed by atoms with Crippen LogP contribution in [0.3, 0.4) is 0 Å². The highest BCUT2D eigenvalue weighted by atomic mass is 16.6. The summed E-state index contributed by atoms with van der Waals surface area (Å²) in [6.45, 7) is 6.13. The highest BCUT2D eigenvalue weighted by Crippen LogP contribution is 2.24. The van der Waals surface area contributed by atoms with E-state index in [1.807, 2.05) is 20.8 Å². The Morgan fingerprint density at radius 3 is 2.65 bits per heavy atom. The number of carbonyl (C=O) groups is 2. The lowest BCUT2D eigenvalue weighted by Crippen LogP contribution is -2.54. The number of carbonyl (C=O) groups excluding carboxylic acids is 2. The zero-order valence-electron chi connectivity index (χ0n) is 13.3. The predicted octanol–water partition coefficient (Wildman–Crippen LogP) is 1.36. The molecule has 1 fully saturated rings. The van der Waals surface area contributed by atoms with E-state index in [0.717, 1.165) is 0 Å². The van der Waals surface area contributed by atoms with Gasteiger partial charge in [-0.05, 0) is 32.9 Å². The molecule has 2 N–H and O–H groups in total. The van der Waals surface area contributed by atoms with E-state index in [9.17, 15) is 9.59 Å². The van der Waals surface area contributed by atoms with Gasteiger partial charge in [0.2, 0.25) is 0 Å². The number of Topliss-reactive ketones (excluding diaryl/α,β-unsaturated/α-hetero) is 1. The van der Waals surface area contributed by atoms with Crippen molar-refractivity contribution in [2.45, 2.75) is 26.4 Å². The summed E-state index contributed by atoms with van der Waals surface area (Å²) in [5.74, 6) is 0.00255. The van der Waals surface area contributed by atoms with Crippen molar-refractivity contribution in [2.75, 3.05) is 18.8 Å². The van der Waals surface area contributed by atoms with Crippen LogP contribution in [0.15, 0.2) is 18.5 Å². The maximum Gasteiger partial charge on any atom is 0.410 e. The Labute approximate surface area is 133 Å². The van der Waals surface area contributed by atoms with Crippen LogP contribution in [0, 0.1) is 5.92 Å². The number of fused-ring (bicyclic) bond motifs is 1. The summed E-state index contributed by atoms with van der Waals surface area (Å²) in [6, 6.07) is 3.39. The standard InChI is InChI=1S/C15H19N5O3/c1-15(2,3)23-14(22)19-6-9(7-19)12(21)10-4-5-11-13(16)17-8-18-20(10)11/h4-5,8-9H,6-7H2,1-3H3,(H2,16,17,18). The normalized spacial score (nSPS) is 15.5. The lowest BCUT2D eigenvalue weighted by Gasteiger charge is -2.38. The quantitative estimate of drug-likeness (QED) is 0.839. The molecule has 8 nitrogen and oxygen atoms in total. The number of hydrogen-bond acceptors (Lipinski definition) is 6. The van der Waals surface area contributed by atoms with Crippen molar-refractivity contribution in [1.29, 1.82) is 0 Å². The van der Waals surface area contributed by atoms with Gasteiger partial charge >= 0.3 is 6.09 Å². The van der Waals surface area contributed by atoms with E-state index in [1.165, 1.54) is 15.7 Å². The van der Waals surface area contributed by atoms with Gasteiger partial charge < -0.3 is 15.4 Å². The van der Waals surface area contributed by atoms with Gasteiger partial charge in [0.05, 0.1) is 5.92 Å². The zero-order valence-corrected chi connectivity index (χ0v) is 13.3. The third-order valence-corrected chi connectivity index (χ3v) is 3.64. The fourth-order valence-electron chi connectivity index (χ4n) is 2.47. The number of anilines is 1. The van der Waals surface area contributed by atoms with Crippen LogP contribution in [0.1, 0.15) is 31.3 Å². The second-order valence-corrected chi connectivity index (χ2v) is 6.61. The molecular formula is C15H19N5O3. The van der Waals surface area contributed by atoms with Crippen LogP contribution in [0.4, 0.5) is 10.6 Å². The van der Waals surface area contributed by atoms with Gasteiger partial charge in [-0.25, -0.2) is 14.3 Å². The Morgan fingerprint density at radius 2 is 2.00 bits per heavy atom. The average Bonchev–Trinajstić information content (AvgIpc) is 2.79. The summed E-state index contributed by atoms with van der Waals surface area (Å²) in [7, 11) is 0. The fourth-order valence-corrected chi connectivity index (χ4v) is 2.47. The number of nitrogen functional groups attached to an aromatic ring is 1. The molecule has 0 radical (unpaired) electrons. The van der Waals surface area contributed by atoms with Crippen molar-refractivity contribution < 1.29 is 14.3 Å². The van der Waals surface area contributed by atoms with Crippen LogP contribution in [0.5, 0.6) is 0 Å². The van der Waals surface area contributed by atoms with E-state index in [2.05, 4.69) is 10.1 Å². The van der Waals surface area contributed by atoms with Gasteiger partial charge in [-0.15, -0.1) is 0 Å². The molecule has 0 unspecified atom stereocenters. The van der Waals surface area contributed by atoms with E-state index in [-0.39, 0.29) is 11.7 Å². The van der Waals surface area contributed by atoms with Crippen molar-refractivity contribution in [3.8, 4) is 0 Å². The SMILES string of the molecule is CC(C)(C)OC(=O)N1CC(C(=O)c2ccc3c(N)ncnn23)C1. The monoisotopic (exact) mass is 317 g/mol. The number of ketones is 1. The van der Waals surface area contributed by atoms with Gasteiger partial charge in [0, 0.05) is 13.1 Å². The van der Waals surface area contributed by atoms with E-state index >= 15 is 0 Å². The van der Waals surface area contributed by atoms with Gasteiger partial charge in [0.15, 0.2) is 11.6 Å². The number of amides is 1. The van der Waals surface area contributed by atoms with Crippen LogP contribution in [-0.4, -0.2) is 50.1 Å². The minimum absolute atomic E-state index is 0.0668. The molecule has 23 heavy (non-hydrogen) atoms. The van der Waals surface area contributed by atoms with Crippen molar-refractivity contribution in [3.05, 3.63) is 24.2 Å². The van der Waals surface area contributed by atoms with Crippen molar-refractivity contribution in [2.24, 2.45) is 5.92 Å². The minimum Gasteiger partial charge on any atom is -0.444 e. The van der Waals surface area contributed by atoms with Gasteiger partial charge in [0.25, 0.3) is 0 Å². The van der Waals surface area contributed by atoms with Gasteiger partial charge in [0.1, 0.15) is 23.1 Å². The summed E-state index contributed by atoms with van der Waals surface area (Å²) >= 11 is 0. The van der Waals surface area contributed by atoms with Gasteiger partial charge in [-0.3, -0.25) is 4.79 Å². The number of aromatic nitrogens is 3. The van der Waals surface area contributed by atoms with E-state index in [0.29, 0.717) is 30.1 Å². The number of nitrogens with zero attached hydrogens (tertiary/aromatic N) is 4. The van der Waals surface area contributed by atoms with Gasteiger partial charge in [-0.2, -0.15) is 5.10 Å². The highest BCUT2D eigenvalue weighted by Gasteiger charge is 2.39. The molecule has 122 valence electrons. The van der Waals surface area contributed by atoms with Crippen molar-refractivity contribution in [1.82, 2.24) is 19.5 Å². The molecule has 1 amide bonds. The molecule has 2 aromatic heterocycles.